The molecule has 1 aliphatic rings. The molecule has 2 atom stereocenters. The van der Waals surface area contributed by atoms with Crippen molar-refractivity contribution in [1.82, 2.24) is 5.32 Å². The number of ether oxygens (including phenoxy) is 2. The number of rotatable bonds is 6. The van der Waals surface area contributed by atoms with Crippen molar-refractivity contribution < 1.29 is 23.0 Å². The van der Waals surface area contributed by atoms with Crippen LogP contribution in [0.1, 0.15) is 29.3 Å². The van der Waals surface area contributed by atoms with Crippen LogP contribution in [0, 0.1) is 17.6 Å². The lowest BCUT2D eigenvalue weighted by atomic mass is 9.92. The van der Waals surface area contributed by atoms with Gasteiger partial charge in [0.2, 0.25) is 0 Å². The Hall–Kier alpha value is -2.63. The largest absolute Gasteiger partial charge is 0.497 e. The topological polar surface area (TPSA) is 47.6 Å². The predicted molar refractivity (Wildman–Crippen MR) is 93.7 cm³/mol. The van der Waals surface area contributed by atoms with Crippen molar-refractivity contribution in [1.29, 1.82) is 0 Å². The molecule has 138 valence electrons. The van der Waals surface area contributed by atoms with E-state index in [0.717, 1.165) is 12.5 Å². The fourth-order valence-electron chi connectivity index (χ4n) is 3.38. The minimum absolute atomic E-state index is 0.197. The van der Waals surface area contributed by atoms with E-state index in [0.29, 0.717) is 22.6 Å². The number of methoxy groups -OCH3 is 2. The number of benzene rings is 2. The molecule has 3 rings (SSSR count). The van der Waals surface area contributed by atoms with E-state index in [2.05, 4.69) is 5.32 Å². The fraction of sp³-hybridized carbons (Fsp3) is 0.350. The summed E-state index contributed by atoms with van der Waals surface area (Å²) < 4.78 is 37.8. The number of hydrogen-bond acceptors (Lipinski definition) is 3. The smallest absolute Gasteiger partial charge is 0.251 e. The highest BCUT2D eigenvalue weighted by Gasteiger charge is 2.53. The van der Waals surface area contributed by atoms with E-state index in [1.165, 1.54) is 26.4 Å². The zero-order chi connectivity index (χ0) is 18.9. The van der Waals surface area contributed by atoms with Crippen LogP contribution < -0.4 is 14.8 Å². The number of carbonyl (C=O) groups excluding carboxylic acids is 1. The fourth-order valence-corrected chi connectivity index (χ4v) is 3.38. The van der Waals surface area contributed by atoms with Gasteiger partial charge in [-0.05, 0) is 36.1 Å². The molecule has 0 radical (unpaired) electrons. The molecule has 1 N–H and O–H groups in total. The quantitative estimate of drug-likeness (QED) is 0.854. The molecule has 2 aromatic carbocycles. The summed E-state index contributed by atoms with van der Waals surface area (Å²) in [6.07, 6.45) is 0.733. The summed E-state index contributed by atoms with van der Waals surface area (Å²) in [6.45, 7) is 2.26. The van der Waals surface area contributed by atoms with E-state index < -0.39 is 17.0 Å². The number of hydrogen-bond donors (Lipinski definition) is 1. The highest BCUT2D eigenvalue weighted by Crippen LogP contribution is 2.54. The van der Waals surface area contributed by atoms with Crippen molar-refractivity contribution in [3.63, 3.8) is 0 Å². The van der Waals surface area contributed by atoms with Gasteiger partial charge in [-0.2, -0.15) is 0 Å². The second-order valence-electron chi connectivity index (χ2n) is 6.67. The molecule has 0 aromatic heterocycles. The molecule has 26 heavy (non-hydrogen) atoms. The Morgan fingerprint density at radius 2 is 1.77 bits per heavy atom. The average Bonchev–Trinajstić information content (AvgIpc) is 3.29. The summed E-state index contributed by atoms with van der Waals surface area (Å²) in [4.78, 5) is 12.6. The summed E-state index contributed by atoms with van der Waals surface area (Å²) in [5, 5.41) is 2.86. The van der Waals surface area contributed by atoms with Gasteiger partial charge in [0.1, 0.15) is 23.1 Å². The Balaban J connectivity index is 1.78. The van der Waals surface area contributed by atoms with E-state index in [-0.39, 0.29) is 18.4 Å². The van der Waals surface area contributed by atoms with Crippen molar-refractivity contribution in [3.8, 4) is 11.5 Å². The molecule has 1 fully saturated rings. The minimum Gasteiger partial charge on any atom is -0.497 e. The molecule has 6 heteroatoms. The first-order valence-corrected chi connectivity index (χ1v) is 8.36. The van der Waals surface area contributed by atoms with Crippen LogP contribution in [0.5, 0.6) is 11.5 Å². The molecule has 0 aliphatic heterocycles. The molecular formula is C20H21F2NO3. The lowest BCUT2D eigenvalue weighted by Gasteiger charge is -2.19. The van der Waals surface area contributed by atoms with Gasteiger partial charge >= 0.3 is 0 Å². The molecule has 1 aliphatic carbocycles. The van der Waals surface area contributed by atoms with Crippen molar-refractivity contribution in [2.45, 2.75) is 18.8 Å². The van der Waals surface area contributed by atoms with Crippen molar-refractivity contribution >= 4 is 5.91 Å². The van der Waals surface area contributed by atoms with Crippen LogP contribution in [0.15, 0.2) is 36.4 Å². The van der Waals surface area contributed by atoms with Gasteiger partial charge in [-0.25, -0.2) is 8.78 Å². The SMILES string of the molecule is COc1cc(OC)cc(C(=O)NCC2(c3ccc(F)cc3F)CC2C)c1. The van der Waals surface area contributed by atoms with Crippen LogP contribution in [-0.4, -0.2) is 26.7 Å². The lowest BCUT2D eigenvalue weighted by Crippen LogP contribution is -2.33. The minimum atomic E-state index is -0.609. The monoisotopic (exact) mass is 361 g/mol. The highest BCUT2D eigenvalue weighted by molar-refractivity contribution is 5.95. The van der Waals surface area contributed by atoms with Gasteiger partial charge < -0.3 is 14.8 Å². The van der Waals surface area contributed by atoms with Gasteiger partial charge in [-0.1, -0.05) is 13.0 Å². The van der Waals surface area contributed by atoms with E-state index in [1.54, 1.807) is 18.2 Å². The van der Waals surface area contributed by atoms with E-state index in [4.69, 9.17) is 9.47 Å². The highest BCUT2D eigenvalue weighted by atomic mass is 19.1. The predicted octanol–water partition coefficient (Wildman–Crippen LogP) is 3.69. The number of nitrogens with one attached hydrogen (secondary N) is 1. The molecule has 2 unspecified atom stereocenters. The summed E-state index contributed by atoms with van der Waals surface area (Å²) in [5.41, 5.74) is 0.329. The number of amides is 1. The second kappa shape index (κ2) is 6.94. The van der Waals surface area contributed by atoms with Gasteiger partial charge in [0.05, 0.1) is 14.2 Å². The molecular weight excluding hydrogens is 340 g/mol. The molecule has 0 heterocycles. The molecule has 0 spiro atoms. The summed E-state index contributed by atoms with van der Waals surface area (Å²) >= 11 is 0. The van der Waals surface area contributed by atoms with E-state index >= 15 is 0 Å². The Morgan fingerprint density at radius 3 is 2.27 bits per heavy atom. The Bertz CT molecular complexity index is 818. The third-order valence-corrected chi connectivity index (χ3v) is 5.10. The summed E-state index contributed by atoms with van der Waals surface area (Å²) in [7, 11) is 3.02. The van der Waals surface area contributed by atoms with Gasteiger partial charge in [0, 0.05) is 29.7 Å². The second-order valence-corrected chi connectivity index (χ2v) is 6.67. The zero-order valence-electron chi connectivity index (χ0n) is 14.9. The standard InChI is InChI=1S/C20H21F2NO3/c1-12-10-20(12,17-5-4-14(21)8-18(17)22)11-23-19(24)13-6-15(25-2)9-16(7-13)26-3/h4-9,12H,10-11H2,1-3H3,(H,23,24). The Labute approximate surface area is 151 Å². The third kappa shape index (κ3) is 3.36. The van der Waals surface area contributed by atoms with E-state index in [1.807, 2.05) is 6.92 Å². The van der Waals surface area contributed by atoms with Crippen LogP contribution in [0.2, 0.25) is 0 Å². The Morgan fingerprint density at radius 1 is 1.15 bits per heavy atom. The summed E-state index contributed by atoms with van der Waals surface area (Å²) in [6, 6.07) is 8.50. The van der Waals surface area contributed by atoms with Crippen LogP contribution in [-0.2, 0) is 5.41 Å². The summed E-state index contributed by atoms with van der Waals surface area (Å²) in [5.74, 6) is -0.276. The van der Waals surface area contributed by atoms with Crippen LogP contribution in [0.25, 0.3) is 0 Å². The van der Waals surface area contributed by atoms with E-state index in [9.17, 15) is 13.6 Å². The van der Waals surface area contributed by atoms with Crippen LogP contribution >= 0.6 is 0 Å². The first-order valence-electron chi connectivity index (χ1n) is 8.36. The van der Waals surface area contributed by atoms with Gasteiger partial charge in [-0.3, -0.25) is 4.79 Å². The maximum Gasteiger partial charge on any atom is 0.251 e. The van der Waals surface area contributed by atoms with Crippen molar-refractivity contribution in [2.24, 2.45) is 5.92 Å². The van der Waals surface area contributed by atoms with Gasteiger partial charge in [0.15, 0.2) is 0 Å². The lowest BCUT2D eigenvalue weighted by molar-refractivity contribution is 0.0948. The maximum absolute atomic E-state index is 14.2. The first-order chi connectivity index (χ1) is 12.4. The number of carbonyl (C=O) groups is 1. The first kappa shape index (κ1) is 18.2. The van der Waals surface area contributed by atoms with Crippen LogP contribution in [0.4, 0.5) is 8.78 Å². The average molecular weight is 361 g/mol. The van der Waals surface area contributed by atoms with Crippen LogP contribution in [0.3, 0.4) is 0 Å². The normalized spacial score (nSPS) is 21.2. The van der Waals surface area contributed by atoms with Crippen molar-refractivity contribution in [3.05, 3.63) is 59.2 Å². The molecule has 0 bridgehead atoms. The molecule has 0 saturated heterocycles. The molecule has 4 nitrogen and oxygen atoms in total. The number of halogens is 2. The van der Waals surface area contributed by atoms with Gasteiger partial charge in [-0.15, -0.1) is 0 Å². The molecule has 2 aromatic rings. The molecule has 1 saturated carbocycles. The molecule has 1 amide bonds. The van der Waals surface area contributed by atoms with Crippen molar-refractivity contribution in [2.75, 3.05) is 20.8 Å². The maximum atomic E-state index is 14.2. The zero-order valence-corrected chi connectivity index (χ0v) is 14.9. The Kier molecular flexibility index (Phi) is 4.85. The van der Waals surface area contributed by atoms with Gasteiger partial charge in [0.25, 0.3) is 5.91 Å². The third-order valence-electron chi connectivity index (χ3n) is 5.10.